The van der Waals surface area contributed by atoms with Crippen LogP contribution in [0.25, 0.3) is 5.65 Å². The summed E-state index contributed by atoms with van der Waals surface area (Å²) in [6.45, 7) is 11.5. The molecule has 0 aromatic carbocycles. The number of allylic oxidation sites excluding steroid dienone is 4. The van der Waals surface area contributed by atoms with Crippen LogP contribution in [0.5, 0.6) is 0 Å². The summed E-state index contributed by atoms with van der Waals surface area (Å²) in [6.07, 6.45) is 8.01. The molecule has 0 radical (unpaired) electrons. The number of hydrogen-bond donors (Lipinski definition) is 3. The molecule has 11 heteroatoms. The molecule has 34 heavy (non-hydrogen) atoms. The van der Waals surface area contributed by atoms with Crippen LogP contribution < -0.4 is 20.9 Å². The van der Waals surface area contributed by atoms with Crippen LogP contribution in [0.1, 0.15) is 27.2 Å². The first-order valence-electron chi connectivity index (χ1n) is 11.2. The van der Waals surface area contributed by atoms with E-state index in [0.717, 1.165) is 30.1 Å². The van der Waals surface area contributed by atoms with Crippen LogP contribution in [0, 0.1) is 5.41 Å². The van der Waals surface area contributed by atoms with E-state index < -0.39 is 11.0 Å². The van der Waals surface area contributed by atoms with Gasteiger partial charge in [0.1, 0.15) is 12.2 Å². The minimum Gasteiger partial charge on any atom is -0.361 e. The number of amides is 2. The second-order valence-corrected chi connectivity index (χ2v) is 9.49. The van der Waals surface area contributed by atoms with Crippen molar-refractivity contribution in [1.82, 2.24) is 30.2 Å². The third-order valence-corrected chi connectivity index (χ3v) is 6.61. The molecule has 0 bridgehead atoms. The van der Waals surface area contributed by atoms with Gasteiger partial charge in [0.2, 0.25) is 17.8 Å². The quantitative estimate of drug-likeness (QED) is 0.615. The van der Waals surface area contributed by atoms with Crippen molar-refractivity contribution in [2.24, 2.45) is 5.41 Å². The summed E-state index contributed by atoms with van der Waals surface area (Å²) >= 11 is 0. The summed E-state index contributed by atoms with van der Waals surface area (Å²) in [7, 11) is 0. The van der Waals surface area contributed by atoms with Crippen LogP contribution in [0.4, 0.5) is 11.8 Å². The Balaban J connectivity index is 1.35. The molecular formula is C23H28N8O3. The summed E-state index contributed by atoms with van der Waals surface area (Å²) in [5, 5.41) is 13.4. The lowest BCUT2D eigenvalue weighted by atomic mass is 9.85. The molecule has 0 saturated carbocycles. The maximum absolute atomic E-state index is 12.1. The standard InChI is InChI=1S/C23H28N8O3/c1-14(5-6-16-15(2)27-20(33)22(16,3)4)26-21-28-19-18(24-8-10-31(19)29-21)30-9-7-23(13-30)12-25-17(32)11-34-23/h5-6,8,10H,2,7,9,11-13H2,1,3-4H3,(H,25,32)(H,26,29)(H,27,33)/b14-5+,16-6+. The SMILES string of the molecule is C=C1NC(=O)C(C)(C)/C1=C/C=C(\C)Nc1nc2c(N3CCC4(CNC(=O)CO4)C3)nccn2n1. The van der Waals surface area contributed by atoms with Crippen molar-refractivity contribution >= 4 is 29.2 Å². The van der Waals surface area contributed by atoms with Crippen LogP contribution in [0.2, 0.25) is 0 Å². The van der Waals surface area contributed by atoms with Crippen LogP contribution in [-0.2, 0) is 14.3 Å². The molecule has 3 aliphatic heterocycles. The van der Waals surface area contributed by atoms with E-state index in [0.29, 0.717) is 30.4 Å². The molecule has 5 rings (SSSR count). The van der Waals surface area contributed by atoms with E-state index in [2.05, 4.69) is 42.5 Å². The zero-order valence-electron chi connectivity index (χ0n) is 19.5. The van der Waals surface area contributed by atoms with E-state index in [9.17, 15) is 9.59 Å². The number of rotatable bonds is 4. The van der Waals surface area contributed by atoms with Gasteiger partial charge in [-0.15, -0.1) is 5.10 Å². The van der Waals surface area contributed by atoms with Gasteiger partial charge in [-0.3, -0.25) is 9.59 Å². The first kappa shape index (κ1) is 22.1. The largest absolute Gasteiger partial charge is 0.361 e. The van der Waals surface area contributed by atoms with Crippen LogP contribution in [0.3, 0.4) is 0 Å². The zero-order valence-corrected chi connectivity index (χ0v) is 19.5. The van der Waals surface area contributed by atoms with Gasteiger partial charge in [0.25, 0.3) is 0 Å². The van der Waals surface area contributed by atoms with E-state index in [4.69, 9.17) is 4.74 Å². The zero-order chi connectivity index (χ0) is 24.1. The third kappa shape index (κ3) is 3.81. The molecule has 1 atom stereocenters. The van der Waals surface area contributed by atoms with E-state index in [1.807, 2.05) is 32.9 Å². The molecule has 178 valence electrons. The highest BCUT2D eigenvalue weighted by atomic mass is 16.5. The molecule has 3 saturated heterocycles. The highest BCUT2D eigenvalue weighted by molar-refractivity contribution is 5.92. The predicted octanol–water partition coefficient (Wildman–Crippen LogP) is 1.13. The van der Waals surface area contributed by atoms with E-state index in [1.165, 1.54) is 0 Å². The Kier molecular flexibility index (Phi) is 5.16. The normalized spacial score (nSPS) is 26.0. The number of fused-ring (bicyclic) bond motifs is 1. The fraction of sp³-hybridized carbons (Fsp3) is 0.435. The van der Waals surface area contributed by atoms with Gasteiger partial charge in [0.15, 0.2) is 11.5 Å². The number of ether oxygens (including phenoxy) is 1. The molecular weight excluding hydrogens is 436 g/mol. The van der Waals surface area contributed by atoms with Crippen molar-refractivity contribution in [3.05, 3.63) is 48.1 Å². The second-order valence-electron chi connectivity index (χ2n) is 9.49. The van der Waals surface area contributed by atoms with Gasteiger partial charge in [-0.05, 0) is 38.8 Å². The van der Waals surface area contributed by atoms with Crippen molar-refractivity contribution < 1.29 is 14.3 Å². The number of morpholine rings is 1. The number of hydrogen-bond acceptors (Lipinski definition) is 8. The van der Waals surface area contributed by atoms with E-state index in [-0.39, 0.29) is 18.4 Å². The lowest BCUT2D eigenvalue weighted by Crippen LogP contribution is -2.53. The minimum absolute atomic E-state index is 0.0606. The second kappa shape index (κ2) is 7.94. The van der Waals surface area contributed by atoms with Gasteiger partial charge in [0.05, 0.1) is 12.0 Å². The lowest BCUT2D eigenvalue weighted by molar-refractivity contribution is -0.141. The summed E-state index contributed by atoms with van der Waals surface area (Å²) < 4.78 is 7.57. The van der Waals surface area contributed by atoms with Crippen LogP contribution in [0.15, 0.2) is 48.1 Å². The van der Waals surface area contributed by atoms with E-state index in [1.54, 1.807) is 16.9 Å². The molecule has 3 aliphatic rings. The Bertz CT molecular complexity index is 1250. The van der Waals surface area contributed by atoms with Gasteiger partial charge in [-0.25, -0.2) is 9.50 Å². The summed E-state index contributed by atoms with van der Waals surface area (Å²) in [4.78, 5) is 34.9. The number of nitrogens with one attached hydrogen (secondary N) is 3. The fourth-order valence-corrected chi connectivity index (χ4v) is 4.54. The van der Waals surface area contributed by atoms with Gasteiger partial charge in [-0.2, -0.15) is 4.98 Å². The van der Waals surface area contributed by atoms with E-state index >= 15 is 0 Å². The molecule has 1 spiro atoms. The van der Waals surface area contributed by atoms with Gasteiger partial charge in [0, 0.05) is 36.9 Å². The molecule has 2 aromatic heterocycles. The maximum Gasteiger partial charge on any atom is 0.247 e. The molecule has 2 amide bonds. The highest BCUT2D eigenvalue weighted by Gasteiger charge is 2.43. The molecule has 11 nitrogen and oxygen atoms in total. The molecule has 1 unspecified atom stereocenters. The Morgan fingerprint density at radius 3 is 2.88 bits per heavy atom. The Labute approximate surface area is 197 Å². The van der Waals surface area contributed by atoms with Crippen LogP contribution >= 0.6 is 0 Å². The molecule has 3 N–H and O–H groups in total. The highest BCUT2D eigenvalue weighted by Crippen LogP contribution is 2.36. The Morgan fingerprint density at radius 2 is 2.18 bits per heavy atom. The number of carbonyl (C=O) groups excluding carboxylic acids is 2. The molecule has 2 aromatic rings. The minimum atomic E-state index is -0.631. The van der Waals surface area contributed by atoms with Crippen molar-refractivity contribution in [2.75, 3.05) is 36.5 Å². The molecule has 0 aliphatic carbocycles. The first-order chi connectivity index (χ1) is 16.2. The van der Waals surface area contributed by atoms with Crippen LogP contribution in [-0.4, -0.2) is 63.2 Å². The Morgan fingerprint density at radius 1 is 1.35 bits per heavy atom. The number of aromatic nitrogens is 4. The van der Waals surface area contributed by atoms with Gasteiger partial charge < -0.3 is 25.6 Å². The monoisotopic (exact) mass is 464 g/mol. The van der Waals surface area contributed by atoms with Crippen molar-refractivity contribution in [1.29, 1.82) is 0 Å². The maximum atomic E-state index is 12.1. The first-order valence-corrected chi connectivity index (χ1v) is 11.2. The van der Waals surface area contributed by atoms with Crippen molar-refractivity contribution in [3.63, 3.8) is 0 Å². The number of carbonyl (C=O) groups is 2. The predicted molar refractivity (Wildman–Crippen MR) is 126 cm³/mol. The van der Waals surface area contributed by atoms with Crippen molar-refractivity contribution in [3.8, 4) is 0 Å². The molecule has 3 fully saturated rings. The van der Waals surface area contributed by atoms with Gasteiger partial charge >= 0.3 is 0 Å². The Hall–Kier alpha value is -3.73. The molecule has 5 heterocycles. The van der Waals surface area contributed by atoms with Gasteiger partial charge in [-0.1, -0.05) is 12.7 Å². The fourth-order valence-electron chi connectivity index (χ4n) is 4.54. The lowest BCUT2D eigenvalue weighted by Gasteiger charge is -2.33. The summed E-state index contributed by atoms with van der Waals surface area (Å²) in [6, 6.07) is 0. The number of anilines is 2. The average molecular weight is 465 g/mol. The van der Waals surface area contributed by atoms with Crippen molar-refractivity contribution in [2.45, 2.75) is 32.8 Å². The smallest absolute Gasteiger partial charge is 0.247 e. The summed E-state index contributed by atoms with van der Waals surface area (Å²) in [5.74, 6) is 1.02. The number of nitrogens with zero attached hydrogens (tertiary/aromatic N) is 5. The third-order valence-electron chi connectivity index (χ3n) is 6.61. The summed E-state index contributed by atoms with van der Waals surface area (Å²) in [5.41, 5.74) is 1.88. The topological polar surface area (TPSA) is 126 Å². The average Bonchev–Trinajstić information content (AvgIpc) is 3.44.